The second kappa shape index (κ2) is 24.9. The second-order valence-electron chi connectivity index (χ2n) is 17.7. The molecule has 0 spiro atoms. The Morgan fingerprint density at radius 2 is 1.54 bits per heavy atom. The average molecular weight is 1020 g/mol. The normalized spacial score (nSPS) is 16.4. The van der Waals surface area contributed by atoms with Crippen LogP contribution >= 0.6 is 8.53 Å². The zero-order valence-electron chi connectivity index (χ0n) is 41.5. The van der Waals surface area contributed by atoms with Gasteiger partial charge in [-0.25, -0.2) is 4.67 Å². The van der Waals surface area contributed by atoms with Crippen molar-refractivity contribution in [3.63, 3.8) is 0 Å². The lowest BCUT2D eigenvalue weighted by atomic mass is 9.80. The van der Waals surface area contributed by atoms with E-state index in [0.29, 0.717) is 11.5 Å². The van der Waals surface area contributed by atoms with Crippen LogP contribution in [-0.2, 0) is 33.7 Å². The van der Waals surface area contributed by atoms with Crippen LogP contribution in [0.3, 0.4) is 0 Å². The van der Waals surface area contributed by atoms with E-state index in [1.54, 1.807) is 38.8 Å². The van der Waals surface area contributed by atoms with Gasteiger partial charge in [-0.1, -0.05) is 80.3 Å². The summed E-state index contributed by atoms with van der Waals surface area (Å²) >= 11 is 0. The number of fused-ring (bicyclic) bond motifs is 1. The number of methoxy groups -OCH3 is 2. The van der Waals surface area contributed by atoms with Gasteiger partial charge in [-0.15, -0.1) is 0 Å². The Balaban J connectivity index is 1.47. The van der Waals surface area contributed by atoms with Crippen LogP contribution in [0.4, 0.5) is 19.1 Å². The maximum Gasteiger partial charge on any atom is 0.471 e. The maximum atomic E-state index is 14.0. The molecule has 5 aromatic rings. The molecule has 1 aliphatic heterocycles. The molecular formula is C52H61F3N7O9P. The number of alkyl halides is 3. The highest BCUT2D eigenvalue weighted by atomic mass is 31.2. The predicted octanol–water partition coefficient (Wildman–Crippen LogP) is 9.10. The topological polar surface area (TPSA) is 191 Å². The number of carbonyl (C=O) groups excluding carboxylic acids is 2. The van der Waals surface area contributed by atoms with Crippen molar-refractivity contribution >= 4 is 37.3 Å². The van der Waals surface area contributed by atoms with Crippen molar-refractivity contribution in [3.05, 3.63) is 118 Å². The highest BCUT2D eigenvalue weighted by Crippen LogP contribution is 2.51. The first-order valence-electron chi connectivity index (χ1n) is 23.6. The molecule has 1 aliphatic rings. The Bertz CT molecular complexity index is 2710. The van der Waals surface area contributed by atoms with Crippen molar-refractivity contribution in [2.45, 2.75) is 110 Å². The van der Waals surface area contributed by atoms with Gasteiger partial charge in [-0.3, -0.25) is 24.7 Å². The number of carbonyl (C=O) groups is 2. The highest BCUT2D eigenvalue weighted by Gasteiger charge is 2.45. The molecule has 6 rings (SSSR count). The average Bonchev–Trinajstić information content (AvgIpc) is 3.93. The van der Waals surface area contributed by atoms with Crippen molar-refractivity contribution in [2.75, 3.05) is 39.3 Å². The smallest absolute Gasteiger partial charge is 0.471 e. The van der Waals surface area contributed by atoms with E-state index < -0.39 is 62.0 Å². The molecule has 384 valence electrons. The Kier molecular flexibility index (Phi) is 19.0. The molecule has 0 bridgehead atoms. The van der Waals surface area contributed by atoms with Crippen LogP contribution in [0.1, 0.15) is 95.7 Å². The molecule has 20 heteroatoms. The molecule has 1 saturated heterocycles. The van der Waals surface area contributed by atoms with E-state index in [4.69, 9.17) is 33.0 Å². The van der Waals surface area contributed by atoms with Gasteiger partial charge in [-0.05, 0) is 75.1 Å². The minimum Gasteiger partial charge on any atom is -0.497 e. The number of halogens is 3. The molecule has 0 saturated carbocycles. The number of rotatable bonds is 22. The lowest BCUT2D eigenvalue weighted by molar-refractivity contribution is -0.173. The summed E-state index contributed by atoms with van der Waals surface area (Å²) in [5.74, 6) is 4.18. The van der Waals surface area contributed by atoms with Crippen LogP contribution in [0.2, 0.25) is 0 Å². The van der Waals surface area contributed by atoms with Crippen LogP contribution in [-0.4, -0.2) is 95.5 Å². The molecule has 2 amide bonds. The number of hydrogen-bond donors (Lipinski definition) is 3. The lowest BCUT2D eigenvalue weighted by Crippen LogP contribution is -2.39. The summed E-state index contributed by atoms with van der Waals surface area (Å²) in [5.41, 5.74) is 0.855. The predicted molar refractivity (Wildman–Crippen MR) is 266 cm³/mol. The molecule has 3 N–H and O–H groups in total. The van der Waals surface area contributed by atoms with Crippen LogP contribution in [0.15, 0.2) is 89.9 Å². The summed E-state index contributed by atoms with van der Waals surface area (Å²) < 4.78 is 81.1. The Labute approximate surface area is 418 Å². The fourth-order valence-electron chi connectivity index (χ4n) is 8.25. The highest BCUT2D eigenvalue weighted by molar-refractivity contribution is 7.44. The van der Waals surface area contributed by atoms with Crippen molar-refractivity contribution in [2.24, 2.45) is 5.92 Å². The number of hydrogen-bond acceptors (Lipinski definition) is 12. The zero-order valence-corrected chi connectivity index (χ0v) is 42.4. The fourth-order valence-corrected chi connectivity index (χ4v) is 10.0. The Morgan fingerprint density at radius 3 is 2.10 bits per heavy atom. The van der Waals surface area contributed by atoms with E-state index in [0.717, 1.165) is 16.7 Å². The minimum absolute atomic E-state index is 0.0345. The lowest BCUT2D eigenvalue weighted by Gasteiger charge is -2.39. The maximum absolute atomic E-state index is 14.0. The van der Waals surface area contributed by atoms with Gasteiger partial charge in [0.05, 0.1) is 57.0 Å². The summed E-state index contributed by atoms with van der Waals surface area (Å²) in [6.45, 7) is 11.3. The summed E-state index contributed by atoms with van der Waals surface area (Å²) in [6, 6.07) is 27.1. The zero-order chi connectivity index (χ0) is 52.2. The van der Waals surface area contributed by atoms with E-state index in [9.17, 15) is 32.8 Å². The largest absolute Gasteiger partial charge is 0.497 e. The molecule has 2 aromatic heterocycles. The molecule has 1 fully saturated rings. The van der Waals surface area contributed by atoms with E-state index in [2.05, 4.69) is 32.9 Å². The third-order valence-corrected chi connectivity index (χ3v) is 13.9. The monoisotopic (exact) mass is 1020 g/mol. The first-order valence-corrected chi connectivity index (χ1v) is 24.7. The van der Waals surface area contributed by atoms with Gasteiger partial charge in [0, 0.05) is 43.6 Å². The summed E-state index contributed by atoms with van der Waals surface area (Å²) in [5, 5.41) is 14.1. The molecule has 3 heterocycles. The van der Waals surface area contributed by atoms with Crippen molar-refractivity contribution < 1.29 is 50.8 Å². The number of nitrogens with one attached hydrogen (secondary N) is 3. The quantitative estimate of drug-likeness (QED) is 0.0258. The Morgan fingerprint density at radius 1 is 0.931 bits per heavy atom. The molecule has 0 radical (unpaired) electrons. The Hall–Kier alpha value is -6.31. The molecular weight excluding hydrogens is 955 g/mol. The van der Waals surface area contributed by atoms with Crippen molar-refractivity contribution in [3.8, 4) is 29.4 Å². The number of aromatic nitrogens is 3. The van der Waals surface area contributed by atoms with Gasteiger partial charge in [0.15, 0.2) is 5.65 Å². The summed E-state index contributed by atoms with van der Waals surface area (Å²) in [7, 11) is 1.37. The number of nitrogens with zero attached hydrogens (tertiary/aromatic N) is 4. The molecule has 1 unspecified atom stereocenters. The van der Waals surface area contributed by atoms with E-state index >= 15 is 0 Å². The van der Waals surface area contributed by atoms with Gasteiger partial charge in [0.2, 0.25) is 11.9 Å². The van der Waals surface area contributed by atoms with Gasteiger partial charge < -0.3 is 37.9 Å². The molecule has 4 atom stereocenters. The number of nitriles is 1. The van der Waals surface area contributed by atoms with E-state index in [1.807, 2.05) is 112 Å². The number of aromatic amines is 1. The van der Waals surface area contributed by atoms with Gasteiger partial charge in [0.25, 0.3) is 14.1 Å². The number of anilines is 1. The standard InChI is InChI=1S/C52H61F3N7O9P/c1-33(2)47(63)59-50-58-46-45(48(64)60-50)36(16-11-10-14-28-57-49(65)52(53,54)55)31-61(46)44-30-42(71-72(69-29-15-27-56)62(34(3)4)35(5)6)43(70-44)32-68-51(37-17-12-9-13-18-37,38-19-23-40(66-7)24-20-38)39-21-25-41(67-8)26-22-39/h9,12-13,17-26,31,33-35,42-44H,10,14-15,28-30,32H2,1-8H3,(H,57,65)(H2,58,59,60,63,64)/t42-,43+,44+,72?/m0/s1. The first kappa shape index (κ1) is 55.0. The number of unbranched alkanes of at least 4 members (excludes halogenated alkanes) is 1. The number of ether oxygens (including phenoxy) is 4. The number of benzene rings is 3. The third kappa shape index (κ3) is 13.2. The molecule has 16 nitrogen and oxygen atoms in total. The molecule has 3 aromatic carbocycles. The van der Waals surface area contributed by atoms with Gasteiger partial charge in [0.1, 0.15) is 29.4 Å². The van der Waals surface area contributed by atoms with Crippen LogP contribution in [0, 0.1) is 29.1 Å². The van der Waals surface area contributed by atoms with Crippen LogP contribution in [0.25, 0.3) is 11.0 Å². The van der Waals surface area contributed by atoms with Crippen molar-refractivity contribution in [1.29, 1.82) is 5.26 Å². The van der Waals surface area contributed by atoms with E-state index in [1.165, 1.54) is 0 Å². The summed E-state index contributed by atoms with van der Waals surface area (Å²) in [6.07, 6.45) is -5.41. The number of H-pyrrole nitrogens is 1. The van der Waals surface area contributed by atoms with Crippen LogP contribution < -0.4 is 25.7 Å². The third-order valence-electron chi connectivity index (χ3n) is 11.7. The SMILES string of the molecule is COc1ccc(C(OC[C@H]2O[C@@H](n3cc(C#CCCCNC(=O)C(F)(F)F)c4c(=O)[nH]c(NC(=O)C(C)C)nc43)C[C@@H]2OP(OCCC#N)N(C(C)C)C(C)C)(c2ccccc2)c2ccc(OC)cc2)cc1. The molecule has 0 aliphatic carbocycles. The molecule has 72 heavy (non-hydrogen) atoms. The fraction of sp³-hybridized carbons (Fsp3) is 0.442. The van der Waals surface area contributed by atoms with Gasteiger partial charge in [-0.2, -0.15) is 23.4 Å². The van der Waals surface area contributed by atoms with Gasteiger partial charge >= 0.3 is 12.1 Å². The van der Waals surface area contributed by atoms with Crippen LogP contribution in [0.5, 0.6) is 11.5 Å². The second-order valence-corrected chi connectivity index (χ2v) is 19.1. The van der Waals surface area contributed by atoms with E-state index in [-0.39, 0.29) is 80.1 Å². The number of amides is 2. The minimum atomic E-state index is -5.01. The first-order chi connectivity index (χ1) is 34.4. The van der Waals surface area contributed by atoms with Crippen molar-refractivity contribution in [1.82, 2.24) is 24.5 Å². The summed E-state index contributed by atoms with van der Waals surface area (Å²) in [4.78, 5) is 45.6.